The number of carbonyl (C=O) groups excluding carboxylic acids is 1. The van der Waals surface area contributed by atoms with Gasteiger partial charge in [0.2, 0.25) is 5.91 Å². The second-order valence-corrected chi connectivity index (χ2v) is 5.69. The maximum atomic E-state index is 12.3. The van der Waals surface area contributed by atoms with Gasteiger partial charge in [0.05, 0.1) is 37.1 Å². The molecule has 0 aliphatic carbocycles. The molecule has 1 unspecified atom stereocenters. The van der Waals surface area contributed by atoms with Crippen LogP contribution in [0.3, 0.4) is 0 Å². The molecule has 5 heteroatoms. The van der Waals surface area contributed by atoms with Gasteiger partial charge >= 0.3 is 0 Å². The van der Waals surface area contributed by atoms with Crippen molar-refractivity contribution in [2.24, 2.45) is 0 Å². The van der Waals surface area contributed by atoms with Crippen LogP contribution in [0.4, 0.5) is 0 Å². The van der Waals surface area contributed by atoms with E-state index in [-0.39, 0.29) is 18.1 Å². The molecule has 1 amide bonds. The van der Waals surface area contributed by atoms with E-state index in [0.29, 0.717) is 31.9 Å². The molecule has 2 rings (SSSR count). The molecule has 0 radical (unpaired) electrons. The van der Waals surface area contributed by atoms with Gasteiger partial charge in [0, 0.05) is 19.2 Å². The van der Waals surface area contributed by atoms with Crippen molar-refractivity contribution in [3.05, 3.63) is 41.5 Å². The van der Waals surface area contributed by atoms with Crippen LogP contribution < -0.4 is 0 Å². The van der Waals surface area contributed by atoms with Gasteiger partial charge in [-0.1, -0.05) is 18.2 Å². The van der Waals surface area contributed by atoms with Gasteiger partial charge < -0.3 is 14.4 Å². The van der Waals surface area contributed by atoms with Crippen molar-refractivity contribution in [2.45, 2.75) is 26.1 Å². The lowest BCUT2D eigenvalue weighted by atomic mass is 10.1. The van der Waals surface area contributed by atoms with Crippen LogP contribution >= 0.6 is 0 Å². The van der Waals surface area contributed by atoms with Gasteiger partial charge in [0.15, 0.2) is 0 Å². The Kier molecular flexibility index (Phi) is 6.33. The molecule has 0 spiro atoms. The molecule has 1 heterocycles. The molecule has 122 valence electrons. The highest BCUT2D eigenvalue weighted by Gasteiger charge is 2.23. The van der Waals surface area contributed by atoms with Crippen LogP contribution in [0.1, 0.15) is 25.0 Å². The lowest BCUT2D eigenvalue weighted by molar-refractivity contribution is -0.137. The molecule has 0 saturated carbocycles. The summed E-state index contributed by atoms with van der Waals surface area (Å²) in [5.41, 5.74) is 1.30. The third-order valence-corrected chi connectivity index (χ3v) is 3.55. The van der Waals surface area contributed by atoms with Crippen LogP contribution in [-0.4, -0.2) is 49.3 Å². The first-order chi connectivity index (χ1) is 11.1. The van der Waals surface area contributed by atoms with Crippen molar-refractivity contribution in [3.63, 3.8) is 0 Å². The smallest absolute Gasteiger partial charge is 0.246 e. The number of morpholine rings is 1. The maximum absolute atomic E-state index is 12.3. The molecule has 1 aliphatic heterocycles. The van der Waals surface area contributed by atoms with E-state index < -0.39 is 0 Å². The minimum Gasteiger partial charge on any atom is -0.376 e. The van der Waals surface area contributed by atoms with Gasteiger partial charge in [-0.05, 0) is 31.6 Å². The molecule has 1 aromatic carbocycles. The summed E-state index contributed by atoms with van der Waals surface area (Å²) in [6.07, 6.45) is 3.26. The van der Waals surface area contributed by atoms with E-state index in [4.69, 9.17) is 14.7 Å². The van der Waals surface area contributed by atoms with Crippen LogP contribution in [0.15, 0.2) is 30.3 Å². The summed E-state index contributed by atoms with van der Waals surface area (Å²) in [5.74, 6) is -0.0735. The van der Waals surface area contributed by atoms with Crippen LogP contribution in [0, 0.1) is 11.3 Å². The van der Waals surface area contributed by atoms with Gasteiger partial charge in [-0.3, -0.25) is 4.79 Å². The molecule has 0 aromatic heterocycles. The van der Waals surface area contributed by atoms with Crippen molar-refractivity contribution in [3.8, 4) is 6.07 Å². The Morgan fingerprint density at radius 3 is 3.04 bits per heavy atom. The lowest BCUT2D eigenvalue weighted by Crippen LogP contribution is -2.46. The predicted molar refractivity (Wildman–Crippen MR) is 87.6 cm³/mol. The molecule has 23 heavy (non-hydrogen) atoms. The zero-order valence-electron chi connectivity index (χ0n) is 13.6. The normalized spacial score (nSPS) is 18.3. The van der Waals surface area contributed by atoms with Crippen LogP contribution in [-0.2, 0) is 14.3 Å². The summed E-state index contributed by atoms with van der Waals surface area (Å²) in [6, 6.07) is 9.33. The Labute approximate surface area is 137 Å². The Morgan fingerprint density at radius 2 is 2.30 bits per heavy atom. The third kappa shape index (κ3) is 5.20. The molecule has 1 fully saturated rings. The van der Waals surface area contributed by atoms with Crippen molar-refractivity contribution in [1.82, 2.24) is 4.90 Å². The molecular formula is C18H22N2O3. The molecule has 5 nitrogen and oxygen atoms in total. The number of amides is 1. The molecule has 0 N–H and O–H groups in total. The van der Waals surface area contributed by atoms with Gasteiger partial charge in [0.1, 0.15) is 0 Å². The summed E-state index contributed by atoms with van der Waals surface area (Å²) in [6.45, 7) is 6.04. The first-order valence-electron chi connectivity index (χ1n) is 7.79. The predicted octanol–water partition coefficient (Wildman–Crippen LogP) is 2.22. The topological polar surface area (TPSA) is 62.6 Å². The first kappa shape index (κ1) is 17.2. The number of ether oxygens (including phenoxy) is 2. The monoisotopic (exact) mass is 314 g/mol. The van der Waals surface area contributed by atoms with Crippen LogP contribution in [0.25, 0.3) is 6.08 Å². The quantitative estimate of drug-likeness (QED) is 0.782. The third-order valence-electron chi connectivity index (χ3n) is 3.55. The zero-order valence-corrected chi connectivity index (χ0v) is 13.6. The van der Waals surface area contributed by atoms with E-state index in [1.165, 1.54) is 6.08 Å². The van der Waals surface area contributed by atoms with Crippen molar-refractivity contribution < 1.29 is 14.3 Å². The summed E-state index contributed by atoms with van der Waals surface area (Å²) in [4.78, 5) is 14.1. The number of hydrogen-bond donors (Lipinski definition) is 0. The zero-order chi connectivity index (χ0) is 16.7. The largest absolute Gasteiger partial charge is 0.376 e. The van der Waals surface area contributed by atoms with Gasteiger partial charge in [0.25, 0.3) is 0 Å². The minimum absolute atomic E-state index is 0.0735. The average Bonchev–Trinajstić information content (AvgIpc) is 2.58. The summed E-state index contributed by atoms with van der Waals surface area (Å²) in [7, 11) is 0. The average molecular weight is 314 g/mol. The highest BCUT2D eigenvalue weighted by atomic mass is 16.5. The fourth-order valence-corrected chi connectivity index (χ4v) is 2.33. The molecule has 1 aromatic rings. The fraction of sp³-hybridized carbons (Fsp3) is 0.444. The number of nitrogens with zero attached hydrogens (tertiary/aromatic N) is 2. The van der Waals surface area contributed by atoms with Gasteiger partial charge in [-0.25, -0.2) is 0 Å². The Morgan fingerprint density at radius 1 is 1.52 bits per heavy atom. The number of hydrogen-bond acceptors (Lipinski definition) is 4. The number of nitriles is 1. The van der Waals surface area contributed by atoms with E-state index >= 15 is 0 Å². The summed E-state index contributed by atoms with van der Waals surface area (Å²) in [5, 5.41) is 9.06. The Balaban J connectivity index is 1.94. The minimum atomic E-state index is -0.0881. The highest BCUT2D eigenvalue weighted by molar-refractivity contribution is 5.92. The molecule has 1 atom stereocenters. The number of benzene rings is 1. The summed E-state index contributed by atoms with van der Waals surface area (Å²) < 4.78 is 11.2. The number of rotatable bonds is 5. The molecular weight excluding hydrogens is 292 g/mol. The van der Waals surface area contributed by atoms with Crippen molar-refractivity contribution in [2.75, 3.05) is 26.3 Å². The van der Waals surface area contributed by atoms with Gasteiger partial charge in [-0.2, -0.15) is 5.26 Å². The van der Waals surface area contributed by atoms with E-state index in [9.17, 15) is 4.79 Å². The van der Waals surface area contributed by atoms with Crippen LogP contribution in [0.2, 0.25) is 0 Å². The van der Waals surface area contributed by atoms with E-state index in [0.717, 1.165) is 5.56 Å². The Hall–Kier alpha value is -2.16. The fourth-order valence-electron chi connectivity index (χ4n) is 2.33. The lowest BCUT2D eigenvalue weighted by Gasteiger charge is -2.32. The molecule has 1 aliphatic rings. The van der Waals surface area contributed by atoms with E-state index in [2.05, 4.69) is 6.07 Å². The first-order valence-corrected chi connectivity index (χ1v) is 7.79. The van der Waals surface area contributed by atoms with Crippen LogP contribution in [0.5, 0.6) is 0 Å². The number of carbonyl (C=O) groups is 1. The Bertz CT molecular complexity index is 605. The second-order valence-electron chi connectivity index (χ2n) is 5.69. The highest BCUT2D eigenvalue weighted by Crippen LogP contribution is 2.11. The van der Waals surface area contributed by atoms with E-state index in [1.54, 1.807) is 23.1 Å². The maximum Gasteiger partial charge on any atom is 0.246 e. The van der Waals surface area contributed by atoms with Gasteiger partial charge in [-0.15, -0.1) is 0 Å². The SMILES string of the molecule is CC(C)OCC1CN(C(=O)/C=C/c2ccccc2C#N)CCO1. The van der Waals surface area contributed by atoms with Crippen molar-refractivity contribution in [1.29, 1.82) is 5.26 Å². The molecule has 1 saturated heterocycles. The van der Waals surface area contributed by atoms with Crippen molar-refractivity contribution >= 4 is 12.0 Å². The van der Waals surface area contributed by atoms with E-state index in [1.807, 2.05) is 26.0 Å². The molecule has 0 bridgehead atoms. The standard InChI is InChI=1S/C18H22N2O3/c1-14(2)23-13-17-12-20(9-10-22-17)18(21)8-7-15-5-3-4-6-16(15)11-19/h3-8,14,17H,9-10,12-13H2,1-2H3/b8-7+. The second kappa shape index (κ2) is 8.47. The summed E-state index contributed by atoms with van der Waals surface area (Å²) >= 11 is 0.